The molecule has 0 spiro atoms. The van der Waals surface area contributed by atoms with Crippen molar-refractivity contribution in [2.75, 3.05) is 32.0 Å². The molecule has 9 nitrogen and oxygen atoms in total. The first-order valence-corrected chi connectivity index (χ1v) is 14.8. The van der Waals surface area contributed by atoms with Crippen molar-refractivity contribution in [1.82, 2.24) is 4.90 Å². The van der Waals surface area contributed by atoms with E-state index >= 15 is 0 Å². The molecular weight excluding hydrogens is 610 g/mol. The molecule has 0 unspecified atom stereocenters. The Kier molecular flexibility index (Phi) is 9.83. The van der Waals surface area contributed by atoms with Crippen molar-refractivity contribution in [3.63, 3.8) is 0 Å². The van der Waals surface area contributed by atoms with Gasteiger partial charge in [-0.1, -0.05) is 0 Å². The smallest absolute Gasteiger partial charge is 0.416 e. The highest BCUT2D eigenvalue weighted by Crippen LogP contribution is 2.47. The Morgan fingerprint density at radius 1 is 1.02 bits per heavy atom. The third-order valence-corrected chi connectivity index (χ3v) is 7.58. The summed E-state index contributed by atoms with van der Waals surface area (Å²) in [6.07, 6.45) is -11.3. The van der Waals surface area contributed by atoms with Gasteiger partial charge in [-0.3, -0.25) is 9.80 Å². The Bertz CT molecular complexity index is 1450. The highest BCUT2D eigenvalue weighted by atomic mass is 32.2. The number of alkyl halides is 6. The second kappa shape index (κ2) is 12.5. The lowest BCUT2D eigenvalue weighted by Gasteiger charge is -2.43. The lowest BCUT2D eigenvalue weighted by atomic mass is 9.87. The number of nitrogens with zero attached hydrogens (tertiary/aromatic N) is 2. The monoisotopic (exact) mass is 640 g/mol. The number of anilines is 1. The Labute approximate surface area is 244 Å². The van der Waals surface area contributed by atoms with Gasteiger partial charge in [-0.25, -0.2) is 18.0 Å². The molecule has 0 fully saturated rings. The number of ether oxygens (including phenoxy) is 3. The highest BCUT2D eigenvalue weighted by molar-refractivity contribution is 7.89. The lowest BCUT2D eigenvalue weighted by Crippen LogP contribution is -2.48. The number of halogens is 6. The van der Waals surface area contributed by atoms with Crippen LogP contribution >= 0.6 is 0 Å². The van der Waals surface area contributed by atoms with Crippen LogP contribution in [0.3, 0.4) is 0 Å². The second-order valence-corrected chi connectivity index (χ2v) is 12.1. The highest BCUT2D eigenvalue weighted by Gasteiger charge is 2.43. The summed E-state index contributed by atoms with van der Waals surface area (Å²) < 4.78 is 122. The average molecular weight is 641 g/mol. The van der Waals surface area contributed by atoms with Gasteiger partial charge in [0.1, 0.15) is 5.75 Å². The normalized spacial score (nSPS) is 17.2. The van der Waals surface area contributed by atoms with Gasteiger partial charge < -0.3 is 14.2 Å². The van der Waals surface area contributed by atoms with E-state index in [1.807, 2.05) is 0 Å². The maximum absolute atomic E-state index is 13.6. The summed E-state index contributed by atoms with van der Waals surface area (Å²) in [7, 11) is -1.55. The van der Waals surface area contributed by atoms with Gasteiger partial charge in [0.2, 0.25) is 0 Å². The molecule has 0 radical (unpaired) electrons. The first-order chi connectivity index (χ1) is 19.8. The predicted molar refractivity (Wildman–Crippen MR) is 142 cm³/mol. The van der Waals surface area contributed by atoms with Gasteiger partial charge in [0, 0.05) is 30.0 Å². The van der Waals surface area contributed by atoms with E-state index in [1.165, 1.54) is 24.1 Å². The third-order valence-electron chi connectivity index (χ3n) is 6.77. The number of methoxy groups -OCH3 is 2. The van der Waals surface area contributed by atoms with E-state index < -0.39 is 75.4 Å². The summed E-state index contributed by atoms with van der Waals surface area (Å²) >= 11 is 0. The third kappa shape index (κ3) is 7.64. The van der Waals surface area contributed by atoms with Crippen molar-refractivity contribution in [1.29, 1.82) is 0 Å². The molecule has 16 heteroatoms. The van der Waals surface area contributed by atoms with E-state index in [0.717, 1.165) is 18.3 Å². The summed E-state index contributed by atoms with van der Waals surface area (Å²) in [5.74, 6) is -0.562. The van der Waals surface area contributed by atoms with E-state index in [1.54, 1.807) is 13.8 Å². The summed E-state index contributed by atoms with van der Waals surface area (Å²) in [6, 6.07) is 1.88. The van der Waals surface area contributed by atoms with E-state index in [-0.39, 0.29) is 41.7 Å². The molecule has 0 saturated carbocycles. The van der Waals surface area contributed by atoms with Crippen LogP contribution < -0.4 is 9.64 Å². The molecule has 43 heavy (non-hydrogen) atoms. The van der Waals surface area contributed by atoms with E-state index in [2.05, 4.69) is 0 Å². The van der Waals surface area contributed by atoms with Crippen LogP contribution in [0.4, 0.5) is 41.6 Å². The fraction of sp³-hybridized carbons (Fsp3) is 0.481. The molecule has 0 saturated heterocycles. The van der Waals surface area contributed by atoms with Crippen molar-refractivity contribution in [3.8, 4) is 5.75 Å². The molecule has 0 bridgehead atoms. The van der Waals surface area contributed by atoms with E-state index in [4.69, 9.17) is 14.2 Å². The van der Waals surface area contributed by atoms with Gasteiger partial charge in [0.05, 0.1) is 49.4 Å². The summed E-state index contributed by atoms with van der Waals surface area (Å²) in [6.45, 7) is 2.38. The number of rotatable bonds is 7. The van der Waals surface area contributed by atoms with Crippen LogP contribution in [0, 0.1) is 0 Å². The largest absolute Gasteiger partial charge is 0.496 e. The Morgan fingerprint density at radius 2 is 1.60 bits per heavy atom. The molecule has 2 aromatic rings. The Hall–Kier alpha value is -3.69. The molecule has 0 aromatic heterocycles. The summed E-state index contributed by atoms with van der Waals surface area (Å²) in [5.41, 5.74) is -3.41. The van der Waals surface area contributed by atoms with Crippen molar-refractivity contribution in [2.24, 2.45) is 0 Å². The first kappa shape index (κ1) is 33.8. The van der Waals surface area contributed by atoms with Crippen LogP contribution in [0.15, 0.2) is 30.3 Å². The molecule has 1 heterocycles. The van der Waals surface area contributed by atoms with Gasteiger partial charge in [-0.05, 0) is 56.2 Å². The van der Waals surface area contributed by atoms with Crippen molar-refractivity contribution in [2.45, 2.75) is 57.0 Å². The van der Waals surface area contributed by atoms with Crippen molar-refractivity contribution >= 4 is 27.7 Å². The molecule has 1 aliphatic heterocycles. The number of fused-ring (bicyclic) bond motifs is 1. The van der Waals surface area contributed by atoms with Gasteiger partial charge in [0.25, 0.3) is 0 Å². The number of carbonyl (C=O) groups excluding carboxylic acids is 2. The molecule has 3 rings (SSSR count). The quantitative estimate of drug-likeness (QED) is 0.326. The van der Waals surface area contributed by atoms with Gasteiger partial charge in [0.15, 0.2) is 9.84 Å². The minimum atomic E-state index is -5.13. The average Bonchev–Trinajstić information content (AvgIpc) is 2.89. The van der Waals surface area contributed by atoms with Gasteiger partial charge >= 0.3 is 24.5 Å². The zero-order valence-electron chi connectivity index (χ0n) is 23.8. The molecule has 2 amide bonds. The van der Waals surface area contributed by atoms with Crippen molar-refractivity contribution in [3.05, 3.63) is 58.1 Å². The zero-order valence-corrected chi connectivity index (χ0v) is 24.6. The van der Waals surface area contributed by atoms with Crippen LogP contribution in [0.2, 0.25) is 0 Å². The molecular formula is C27H30F6N2O7S. The van der Waals surface area contributed by atoms with Crippen LogP contribution in [0.1, 0.15) is 54.1 Å². The topological polar surface area (TPSA) is 102 Å². The number of sulfone groups is 1. The predicted octanol–water partition coefficient (Wildman–Crippen LogP) is 6.34. The fourth-order valence-electron chi connectivity index (χ4n) is 5.08. The van der Waals surface area contributed by atoms with Crippen LogP contribution in [-0.2, 0) is 44.0 Å². The zero-order chi connectivity index (χ0) is 32.5. The minimum absolute atomic E-state index is 0.00145. The maximum atomic E-state index is 13.6. The SMILES string of the molecule is CCOC(=O)N1c2ccc(OC)c(CS(C)(=O)=O)c2[C@@H](N(Cc2cc(C(F)(F)F)cc(C(F)(F)F)c2)C(=O)OC)C[C@H]1C. The molecule has 238 valence electrons. The number of benzene rings is 2. The van der Waals surface area contributed by atoms with E-state index in [9.17, 15) is 44.3 Å². The Morgan fingerprint density at radius 3 is 2.07 bits per heavy atom. The lowest BCUT2D eigenvalue weighted by molar-refractivity contribution is -0.143. The number of amides is 2. The number of hydrogen-bond donors (Lipinski definition) is 0. The number of hydrogen-bond acceptors (Lipinski definition) is 7. The second-order valence-electron chi connectivity index (χ2n) is 9.93. The maximum Gasteiger partial charge on any atom is 0.416 e. The van der Waals surface area contributed by atoms with Crippen LogP contribution in [-0.4, -0.2) is 58.6 Å². The Balaban J connectivity index is 2.32. The van der Waals surface area contributed by atoms with Crippen molar-refractivity contribution < 1.29 is 58.6 Å². The van der Waals surface area contributed by atoms with Crippen LogP contribution in [0.25, 0.3) is 0 Å². The van der Waals surface area contributed by atoms with Gasteiger partial charge in [-0.2, -0.15) is 26.3 Å². The fourth-order valence-corrected chi connectivity index (χ4v) is 5.90. The van der Waals surface area contributed by atoms with Gasteiger partial charge in [-0.15, -0.1) is 0 Å². The molecule has 2 atom stereocenters. The summed E-state index contributed by atoms with van der Waals surface area (Å²) in [5, 5.41) is 0. The van der Waals surface area contributed by atoms with Crippen LogP contribution in [0.5, 0.6) is 5.75 Å². The first-order valence-electron chi connectivity index (χ1n) is 12.8. The minimum Gasteiger partial charge on any atom is -0.496 e. The molecule has 0 N–H and O–H groups in total. The molecule has 0 aliphatic carbocycles. The summed E-state index contributed by atoms with van der Waals surface area (Å²) in [4.78, 5) is 28.3. The molecule has 2 aromatic carbocycles. The number of carbonyl (C=O) groups is 2. The van der Waals surface area contributed by atoms with E-state index in [0.29, 0.717) is 12.1 Å². The standard InChI is InChI=1S/C27H30F6N2O7S/c1-6-42-25(37)35-15(2)9-21(23-19(14-43(5,38)39)22(40-3)8-7-20(23)35)34(24(36)41-4)13-16-10-17(26(28,29)30)12-18(11-16)27(31,32)33/h7-8,10-12,15,21H,6,9,13-14H2,1-5H3/t15-,21+/m1/s1. The molecule has 1 aliphatic rings.